The summed E-state index contributed by atoms with van der Waals surface area (Å²) in [7, 11) is 1.54. The second-order valence-corrected chi connectivity index (χ2v) is 4.12. The molecule has 1 atom stereocenters. The smallest absolute Gasteiger partial charge is 0.150 e. The second kappa shape index (κ2) is 4.70. The summed E-state index contributed by atoms with van der Waals surface area (Å²) in [5.74, 6) is 0.345. The maximum absolute atomic E-state index is 13.8. The van der Waals surface area contributed by atoms with Gasteiger partial charge in [-0.3, -0.25) is 0 Å². The van der Waals surface area contributed by atoms with Crippen LogP contribution in [0.15, 0.2) is 18.2 Å². The van der Waals surface area contributed by atoms with E-state index in [1.54, 1.807) is 19.2 Å². The Balaban J connectivity index is 2.19. The maximum atomic E-state index is 13.8. The van der Waals surface area contributed by atoms with Gasteiger partial charge in [0.15, 0.2) is 0 Å². The molecule has 1 fully saturated rings. The third-order valence-electron chi connectivity index (χ3n) is 2.86. The standard InChI is InChI=1S/C12H17FN2O/c1-9-8-15(6-5-14-9)12-4-3-10(16-2)7-11(12)13/h3-4,7,9,14H,5-6,8H2,1-2H3/t9-/m1/s1. The molecular formula is C12H17FN2O. The maximum Gasteiger partial charge on any atom is 0.150 e. The van der Waals surface area contributed by atoms with E-state index in [4.69, 9.17) is 4.74 Å². The average Bonchev–Trinajstić information content (AvgIpc) is 2.28. The molecule has 0 aliphatic carbocycles. The molecule has 16 heavy (non-hydrogen) atoms. The molecular weight excluding hydrogens is 207 g/mol. The van der Waals surface area contributed by atoms with Crippen molar-refractivity contribution in [2.45, 2.75) is 13.0 Å². The van der Waals surface area contributed by atoms with Gasteiger partial charge in [-0.05, 0) is 19.1 Å². The zero-order valence-corrected chi connectivity index (χ0v) is 9.66. The van der Waals surface area contributed by atoms with Gasteiger partial charge in [-0.1, -0.05) is 0 Å². The van der Waals surface area contributed by atoms with Crippen LogP contribution >= 0.6 is 0 Å². The summed E-state index contributed by atoms with van der Waals surface area (Å²) in [6.07, 6.45) is 0. The van der Waals surface area contributed by atoms with Crippen molar-refractivity contribution in [1.82, 2.24) is 5.32 Å². The van der Waals surface area contributed by atoms with Crippen molar-refractivity contribution in [3.63, 3.8) is 0 Å². The van der Waals surface area contributed by atoms with Gasteiger partial charge in [-0.25, -0.2) is 4.39 Å². The molecule has 3 nitrogen and oxygen atoms in total. The Morgan fingerprint density at radius 1 is 1.50 bits per heavy atom. The number of nitrogens with one attached hydrogen (secondary N) is 1. The quantitative estimate of drug-likeness (QED) is 0.826. The number of rotatable bonds is 2. The van der Waals surface area contributed by atoms with Crippen LogP contribution in [0.3, 0.4) is 0 Å². The summed E-state index contributed by atoms with van der Waals surface area (Å²) in [6.45, 7) is 4.68. The molecule has 1 N–H and O–H groups in total. The fraction of sp³-hybridized carbons (Fsp3) is 0.500. The second-order valence-electron chi connectivity index (χ2n) is 4.12. The molecule has 4 heteroatoms. The van der Waals surface area contributed by atoms with Gasteiger partial charge < -0.3 is 15.0 Å². The van der Waals surface area contributed by atoms with Crippen molar-refractivity contribution >= 4 is 5.69 Å². The van der Waals surface area contributed by atoms with E-state index in [0.717, 1.165) is 19.6 Å². The van der Waals surface area contributed by atoms with E-state index in [9.17, 15) is 4.39 Å². The lowest BCUT2D eigenvalue weighted by Gasteiger charge is -2.33. The molecule has 1 saturated heterocycles. The minimum absolute atomic E-state index is 0.214. The molecule has 1 aliphatic heterocycles. The number of methoxy groups -OCH3 is 1. The first-order valence-electron chi connectivity index (χ1n) is 5.52. The Morgan fingerprint density at radius 2 is 2.31 bits per heavy atom. The predicted molar refractivity (Wildman–Crippen MR) is 62.6 cm³/mol. The highest BCUT2D eigenvalue weighted by Crippen LogP contribution is 2.24. The highest BCUT2D eigenvalue weighted by molar-refractivity contribution is 5.51. The van der Waals surface area contributed by atoms with E-state index in [1.165, 1.54) is 6.07 Å². The zero-order chi connectivity index (χ0) is 11.5. The van der Waals surface area contributed by atoms with Gasteiger partial charge >= 0.3 is 0 Å². The topological polar surface area (TPSA) is 24.5 Å². The number of nitrogens with zero attached hydrogens (tertiary/aromatic N) is 1. The van der Waals surface area contributed by atoms with Gasteiger partial charge in [0, 0.05) is 31.7 Å². The van der Waals surface area contributed by atoms with Gasteiger partial charge in [-0.15, -0.1) is 0 Å². The van der Waals surface area contributed by atoms with Crippen LogP contribution in [-0.4, -0.2) is 32.8 Å². The van der Waals surface area contributed by atoms with E-state index < -0.39 is 0 Å². The Bertz CT molecular complexity index is 370. The summed E-state index contributed by atoms with van der Waals surface area (Å²) < 4.78 is 18.8. The number of benzene rings is 1. The van der Waals surface area contributed by atoms with Crippen LogP contribution in [0.2, 0.25) is 0 Å². The summed E-state index contributed by atoms with van der Waals surface area (Å²) in [5.41, 5.74) is 0.661. The summed E-state index contributed by atoms with van der Waals surface area (Å²) in [4.78, 5) is 2.07. The minimum Gasteiger partial charge on any atom is -0.497 e. The molecule has 0 radical (unpaired) electrons. The highest BCUT2D eigenvalue weighted by Gasteiger charge is 2.18. The van der Waals surface area contributed by atoms with E-state index in [1.807, 2.05) is 0 Å². The van der Waals surface area contributed by atoms with Crippen LogP contribution < -0.4 is 15.0 Å². The van der Waals surface area contributed by atoms with Crippen molar-refractivity contribution < 1.29 is 9.13 Å². The van der Waals surface area contributed by atoms with Gasteiger partial charge in [0.1, 0.15) is 11.6 Å². The van der Waals surface area contributed by atoms with Crippen molar-refractivity contribution in [3.8, 4) is 5.75 Å². The molecule has 1 aromatic rings. The molecule has 0 spiro atoms. The lowest BCUT2D eigenvalue weighted by Crippen LogP contribution is -2.49. The van der Waals surface area contributed by atoms with Gasteiger partial charge in [-0.2, -0.15) is 0 Å². The Hall–Kier alpha value is -1.29. The third-order valence-corrected chi connectivity index (χ3v) is 2.86. The number of halogens is 1. The van der Waals surface area contributed by atoms with Crippen molar-refractivity contribution in [2.24, 2.45) is 0 Å². The summed E-state index contributed by atoms with van der Waals surface area (Å²) in [5, 5.41) is 3.33. The molecule has 88 valence electrons. The largest absolute Gasteiger partial charge is 0.497 e. The molecule has 0 amide bonds. The highest BCUT2D eigenvalue weighted by atomic mass is 19.1. The van der Waals surface area contributed by atoms with Crippen molar-refractivity contribution in [3.05, 3.63) is 24.0 Å². The number of piperazine rings is 1. The molecule has 2 rings (SSSR count). The molecule has 1 aliphatic rings. The summed E-state index contributed by atoms with van der Waals surface area (Å²) in [6, 6.07) is 5.41. The van der Waals surface area contributed by atoms with Crippen LogP contribution in [-0.2, 0) is 0 Å². The van der Waals surface area contributed by atoms with Gasteiger partial charge in [0.25, 0.3) is 0 Å². The summed E-state index contributed by atoms with van der Waals surface area (Å²) >= 11 is 0. The van der Waals surface area contributed by atoms with Gasteiger partial charge in [0.2, 0.25) is 0 Å². The molecule has 1 aromatic carbocycles. The van der Waals surface area contributed by atoms with Crippen LogP contribution in [0.4, 0.5) is 10.1 Å². The Labute approximate surface area is 95.2 Å². The first-order chi connectivity index (χ1) is 7.70. The molecule has 1 heterocycles. The fourth-order valence-corrected chi connectivity index (χ4v) is 2.02. The monoisotopic (exact) mass is 224 g/mol. The number of anilines is 1. The third kappa shape index (κ3) is 2.27. The number of hydrogen-bond donors (Lipinski definition) is 1. The SMILES string of the molecule is COc1ccc(N2CCN[C@H](C)C2)c(F)c1. The molecule has 0 aromatic heterocycles. The molecule has 0 unspecified atom stereocenters. The molecule has 0 saturated carbocycles. The Morgan fingerprint density at radius 3 is 2.94 bits per heavy atom. The molecule has 0 bridgehead atoms. The normalized spacial score (nSPS) is 20.9. The van der Waals surface area contributed by atoms with Crippen molar-refractivity contribution in [1.29, 1.82) is 0 Å². The lowest BCUT2D eigenvalue weighted by atomic mass is 10.2. The van der Waals surface area contributed by atoms with Crippen LogP contribution in [0.25, 0.3) is 0 Å². The van der Waals surface area contributed by atoms with E-state index >= 15 is 0 Å². The zero-order valence-electron chi connectivity index (χ0n) is 9.66. The Kier molecular flexibility index (Phi) is 3.29. The minimum atomic E-state index is -0.214. The predicted octanol–water partition coefficient (Wildman–Crippen LogP) is 1.63. The first-order valence-corrected chi connectivity index (χ1v) is 5.52. The van der Waals surface area contributed by atoms with Crippen LogP contribution in [0.5, 0.6) is 5.75 Å². The first kappa shape index (κ1) is 11.2. The van der Waals surface area contributed by atoms with E-state index in [-0.39, 0.29) is 5.82 Å². The fourth-order valence-electron chi connectivity index (χ4n) is 2.02. The average molecular weight is 224 g/mol. The van der Waals surface area contributed by atoms with Crippen LogP contribution in [0.1, 0.15) is 6.92 Å². The lowest BCUT2D eigenvalue weighted by molar-refractivity contribution is 0.410. The van der Waals surface area contributed by atoms with Gasteiger partial charge in [0.05, 0.1) is 12.8 Å². The number of ether oxygens (including phenoxy) is 1. The van der Waals surface area contributed by atoms with E-state index in [2.05, 4.69) is 17.1 Å². The van der Waals surface area contributed by atoms with Crippen molar-refractivity contribution in [2.75, 3.05) is 31.6 Å². The number of hydrogen-bond acceptors (Lipinski definition) is 3. The van der Waals surface area contributed by atoms with E-state index in [0.29, 0.717) is 17.5 Å². The van der Waals surface area contributed by atoms with Crippen LogP contribution in [0, 0.1) is 5.82 Å².